The van der Waals surface area contributed by atoms with Crippen molar-refractivity contribution in [2.45, 2.75) is 51.1 Å². The van der Waals surface area contributed by atoms with Crippen LogP contribution >= 0.6 is 0 Å². The second-order valence-electron chi connectivity index (χ2n) is 7.45. The van der Waals surface area contributed by atoms with E-state index < -0.39 is 23.8 Å². The number of likely N-dealkylation sites (tertiary alicyclic amines) is 1. The van der Waals surface area contributed by atoms with Crippen molar-refractivity contribution in [2.75, 3.05) is 19.7 Å². The Kier molecular flexibility index (Phi) is 7.47. The number of primary amides is 1. The number of pyridine rings is 1. The minimum atomic E-state index is -5.08. The van der Waals surface area contributed by atoms with E-state index >= 15 is 0 Å². The van der Waals surface area contributed by atoms with Crippen molar-refractivity contribution in [2.24, 2.45) is 5.73 Å². The second kappa shape index (κ2) is 9.50. The van der Waals surface area contributed by atoms with Gasteiger partial charge in [-0.3, -0.25) is 9.78 Å². The Bertz CT molecular complexity index is 825. The molecule has 3 heterocycles. The first-order chi connectivity index (χ1) is 14.4. The van der Waals surface area contributed by atoms with E-state index in [1.54, 1.807) is 4.90 Å². The molecule has 0 bridgehead atoms. The normalized spacial score (nSPS) is 20.8. The van der Waals surface area contributed by atoms with Crippen LogP contribution in [0.15, 0.2) is 18.2 Å². The third kappa shape index (κ3) is 6.06. The van der Waals surface area contributed by atoms with E-state index in [0.29, 0.717) is 32.5 Å². The van der Waals surface area contributed by atoms with Crippen molar-refractivity contribution >= 4 is 17.9 Å². The summed E-state index contributed by atoms with van der Waals surface area (Å²) < 4.78 is 37.7. The van der Waals surface area contributed by atoms with Crippen LogP contribution < -0.4 is 5.73 Å². The van der Waals surface area contributed by atoms with Crippen LogP contribution in [0.3, 0.4) is 0 Å². The van der Waals surface area contributed by atoms with Gasteiger partial charge in [0, 0.05) is 18.8 Å². The lowest BCUT2D eigenvalue weighted by molar-refractivity contribution is -0.192. The summed E-state index contributed by atoms with van der Waals surface area (Å²) in [6.45, 7) is 5.63. The van der Waals surface area contributed by atoms with E-state index in [1.165, 1.54) is 0 Å². The predicted molar refractivity (Wildman–Crippen MR) is 102 cm³/mol. The van der Waals surface area contributed by atoms with Gasteiger partial charge in [0.05, 0.1) is 23.9 Å². The van der Waals surface area contributed by atoms with Crippen LogP contribution in [0.1, 0.15) is 31.2 Å². The zero-order valence-corrected chi connectivity index (χ0v) is 17.2. The van der Waals surface area contributed by atoms with Gasteiger partial charge >= 0.3 is 18.2 Å². The standard InChI is InChI=1S/C17H24N4O3.C2HF3O2/c1-12-4-3-5-14(19-12)10-21-13(2)17(24-11-15(21)22)6-8-20(9-7-17)16(18)23;3-2(4,5)1(6)7/h3-5,13H,6-11H2,1-2H3,(H2,18,23);(H,6,7). The van der Waals surface area contributed by atoms with Crippen LogP contribution in [-0.2, 0) is 20.9 Å². The Morgan fingerprint density at radius 1 is 1.32 bits per heavy atom. The lowest BCUT2D eigenvalue weighted by Gasteiger charge is -2.51. The number of carbonyl (C=O) groups is 3. The number of halogens is 3. The van der Waals surface area contributed by atoms with Gasteiger partial charge in [0.1, 0.15) is 6.61 Å². The summed E-state index contributed by atoms with van der Waals surface area (Å²) in [5.41, 5.74) is 6.76. The lowest BCUT2D eigenvalue weighted by atomic mass is 9.82. The van der Waals surface area contributed by atoms with Gasteiger partial charge in [-0.2, -0.15) is 13.2 Å². The van der Waals surface area contributed by atoms with Crippen molar-refractivity contribution in [1.82, 2.24) is 14.8 Å². The molecule has 3 amide bonds. The molecule has 172 valence electrons. The summed E-state index contributed by atoms with van der Waals surface area (Å²) >= 11 is 0. The van der Waals surface area contributed by atoms with Gasteiger partial charge in [0.15, 0.2) is 0 Å². The number of hydrogen-bond donors (Lipinski definition) is 2. The Labute approximate surface area is 177 Å². The number of aliphatic carboxylic acids is 1. The summed E-state index contributed by atoms with van der Waals surface area (Å²) in [5.74, 6) is -2.78. The minimum Gasteiger partial charge on any atom is -0.475 e. The number of urea groups is 1. The summed E-state index contributed by atoms with van der Waals surface area (Å²) in [6, 6.07) is 5.36. The van der Waals surface area contributed by atoms with Crippen molar-refractivity contribution in [3.8, 4) is 0 Å². The van der Waals surface area contributed by atoms with E-state index in [9.17, 15) is 22.8 Å². The number of carboxylic acids is 1. The van der Waals surface area contributed by atoms with Crippen molar-refractivity contribution in [3.63, 3.8) is 0 Å². The minimum absolute atomic E-state index is 0.0197. The summed E-state index contributed by atoms with van der Waals surface area (Å²) in [4.78, 5) is 40.6. The molecule has 12 heteroatoms. The second-order valence-corrected chi connectivity index (χ2v) is 7.45. The number of rotatable bonds is 2. The first kappa shape index (κ1) is 24.4. The maximum Gasteiger partial charge on any atom is 0.490 e. The van der Waals surface area contributed by atoms with Crippen molar-refractivity contribution in [3.05, 3.63) is 29.6 Å². The number of alkyl halides is 3. The summed E-state index contributed by atoms with van der Waals surface area (Å²) in [6.07, 6.45) is -3.72. The van der Waals surface area contributed by atoms with E-state index in [4.69, 9.17) is 20.4 Å². The third-order valence-corrected chi connectivity index (χ3v) is 5.47. The highest BCUT2D eigenvalue weighted by Crippen LogP contribution is 2.36. The van der Waals surface area contributed by atoms with Gasteiger partial charge in [0.2, 0.25) is 5.91 Å². The molecule has 31 heavy (non-hydrogen) atoms. The number of hydrogen-bond acceptors (Lipinski definition) is 5. The summed E-state index contributed by atoms with van der Waals surface area (Å²) in [5, 5.41) is 7.12. The highest BCUT2D eigenvalue weighted by atomic mass is 19.4. The highest BCUT2D eigenvalue weighted by Gasteiger charge is 2.48. The Morgan fingerprint density at radius 2 is 1.90 bits per heavy atom. The largest absolute Gasteiger partial charge is 0.490 e. The topological polar surface area (TPSA) is 126 Å². The number of piperidine rings is 1. The van der Waals surface area contributed by atoms with Crippen LogP contribution in [0.25, 0.3) is 0 Å². The molecule has 1 aromatic heterocycles. The van der Waals surface area contributed by atoms with Crippen LogP contribution in [-0.4, -0.2) is 75.3 Å². The molecule has 2 aliphatic heterocycles. The number of aromatic nitrogens is 1. The fourth-order valence-electron chi connectivity index (χ4n) is 3.66. The van der Waals surface area contributed by atoms with Gasteiger partial charge in [-0.05, 0) is 38.8 Å². The van der Waals surface area contributed by atoms with E-state index in [1.807, 2.05) is 36.9 Å². The highest BCUT2D eigenvalue weighted by molar-refractivity contribution is 5.79. The molecule has 1 spiro atoms. The predicted octanol–water partition coefficient (Wildman–Crippen LogP) is 1.68. The van der Waals surface area contributed by atoms with Crippen LogP contribution in [0.4, 0.5) is 18.0 Å². The smallest absolute Gasteiger partial charge is 0.475 e. The van der Waals surface area contributed by atoms with Gasteiger partial charge in [-0.25, -0.2) is 9.59 Å². The number of aryl methyl sites for hydroxylation is 1. The van der Waals surface area contributed by atoms with Gasteiger partial charge in [0.25, 0.3) is 0 Å². The number of nitrogens with zero attached hydrogens (tertiary/aromatic N) is 3. The molecule has 2 fully saturated rings. The quantitative estimate of drug-likeness (QED) is 0.712. The number of morpholine rings is 1. The molecule has 3 rings (SSSR count). The van der Waals surface area contributed by atoms with E-state index in [-0.39, 0.29) is 18.6 Å². The monoisotopic (exact) mass is 446 g/mol. The maximum absolute atomic E-state index is 12.4. The molecule has 0 aromatic carbocycles. The first-order valence-corrected chi connectivity index (χ1v) is 9.56. The number of nitrogens with two attached hydrogens (primary N) is 1. The summed E-state index contributed by atoms with van der Waals surface area (Å²) in [7, 11) is 0. The molecular formula is C19H25F3N4O5. The van der Waals surface area contributed by atoms with E-state index in [0.717, 1.165) is 11.4 Å². The number of ether oxygens (including phenoxy) is 1. The first-order valence-electron chi connectivity index (χ1n) is 9.56. The molecule has 1 aromatic rings. The Hall–Kier alpha value is -2.89. The van der Waals surface area contributed by atoms with E-state index in [2.05, 4.69) is 4.98 Å². The SMILES string of the molecule is Cc1cccc(CN2C(=O)COC3(CCN(C(N)=O)CC3)C2C)n1.O=C(O)C(F)(F)F. The molecule has 1 unspecified atom stereocenters. The third-order valence-electron chi connectivity index (χ3n) is 5.47. The average molecular weight is 446 g/mol. The van der Waals surface area contributed by atoms with Crippen molar-refractivity contribution in [1.29, 1.82) is 0 Å². The number of carboxylic acid groups (broad SMARTS) is 1. The zero-order valence-electron chi connectivity index (χ0n) is 17.2. The van der Waals surface area contributed by atoms with Gasteiger partial charge < -0.3 is 25.4 Å². The molecule has 0 aliphatic carbocycles. The number of amides is 3. The molecule has 0 saturated carbocycles. The molecule has 9 nitrogen and oxygen atoms in total. The fourth-order valence-corrected chi connectivity index (χ4v) is 3.66. The lowest BCUT2D eigenvalue weighted by Crippen LogP contribution is -2.64. The molecule has 2 saturated heterocycles. The Balaban J connectivity index is 0.000000423. The zero-order chi connectivity index (χ0) is 23.4. The fraction of sp³-hybridized carbons (Fsp3) is 0.579. The average Bonchev–Trinajstić information content (AvgIpc) is 2.69. The molecular weight excluding hydrogens is 421 g/mol. The van der Waals surface area contributed by atoms with Gasteiger partial charge in [-0.15, -0.1) is 0 Å². The Morgan fingerprint density at radius 3 is 2.39 bits per heavy atom. The van der Waals surface area contributed by atoms with Crippen LogP contribution in [0.2, 0.25) is 0 Å². The number of carbonyl (C=O) groups excluding carboxylic acids is 2. The van der Waals surface area contributed by atoms with Crippen LogP contribution in [0, 0.1) is 6.92 Å². The molecule has 3 N–H and O–H groups in total. The maximum atomic E-state index is 12.4. The molecule has 2 aliphatic rings. The van der Waals surface area contributed by atoms with Gasteiger partial charge in [-0.1, -0.05) is 6.07 Å². The van der Waals surface area contributed by atoms with Crippen molar-refractivity contribution < 1.29 is 37.4 Å². The van der Waals surface area contributed by atoms with Crippen LogP contribution in [0.5, 0.6) is 0 Å². The molecule has 0 radical (unpaired) electrons. The molecule has 1 atom stereocenters.